The number of hydrogen-bond donors (Lipinski definition) is 2. The Bertz CT molecular complexity index is 1230. The van der Waals surface area contributed by atoms with Crippen molar-refractivity contribution in [3.05, 3.63) is 69.4 Å². The van der Waals surface area contributed by atoms with Gasteiger partial charge >= 0.3 is 5.97 Å². The Kier molecular flexibility index (Phi) is 7.42. The van der Waals surface area contributed by atoms with E-state index in [4.69, 9.17) is 4.74 Å². The molecule has 1 atom stereocenters. The lowest BCUT2D eigenvalue weighted by Crippen LogP contribution is -2.44. The number of amides is 1. The van der Waals surface area contributed by atoms with Crippen LogP contribution in [0.5, 0.6) is 5.75 Å². The molecule has 1 aliphatic rings. The summed E-state index contributed by atoms with van der Waals surface area (Å²) >= 11 is 1.18. The number of benzene rings is 2. The molecule has 0 aliphatic carbocycles. The molecule has 8 heteroatoms. The third-order valence-corrected chi connectivity index (χ3v) is 7.44. The summed E-state index contributed by atoms with van der Waals surface area (Å²) in [6.07, 6.45) is 0. The minimum absolute atomic E-state index is 0.118. The summed E-state index contributed by atoms with van der Waals surface area (Å²) in [5.41, 5.74) is 5.15. The zero-order chi connectivity index (χ0) is 25.1. The first kappa shape index (κ1) is 24.8. The van der Waals surface area contributed by atoms with Gasteiger partial charge in [-0.15, -0.1) is 11.3 Å². The summed E-state index contributed by atoms with van der Waals surface area (Å²) in [7, 11) is 3.71. The summed E-state index contributed by atoms with van der Waals surface area (Å²) in [5.74, 6) is -0.420. The lowest BCUT2D eigenvalue weighted by molar-refractivity contribution is 0.0702. The van der Waals surface area contributed by atoms with E-state index in [1.165, 1.54) is 11.3 Å². The van der Waals surface area contributed by atoms with Gasteiger partial charge in [-0.3, -0.25) is 4.79 Å². The van der Waals surface area contributed by atoms with Crippen molar-refractivity contribution in [3.63, 3.8) is 0 Å². The van der Waals surface area contributed by atoms with Crippen LogP contribution in [0, 0.1) is 6.92 Å². The quantitative estimate of drug-likeness (QED) is 0.498. The number of likely N-dealkylation sites (N-methyl/N-ethyl adjacent to an activating group) is 1. The van der Waals surface area contributed by atoms with Gasteiger partial charge in [0.1, 0.15) is 10.6 Å². The van der Waals surface area contributed by atoms with Crippen molar-refractivity contribution in [2.45, 2.75) is 19.9 Å². The van der Waals surface area contributed by atoms with Crippen LogP contribution in [-0.2, 0) is 0 Å². The van der Waals surface area contributed by atoms with E-state index in [0.29, 0.717) is 11.3 Å². The van der Waals surface area contributed by atoms with Crippen LogP contribution in [0.1, 0.15) is 44.1 Å². The van der Waals surface area contributed by atoms with E-state index in [1.54, 1.807) is 13.2 Å². The molecule has 1 saturated heterocycles. The first-order chi connectivity index (χ1) is 16.8. The highest BCUT2D eigenvalue weighted by molar-refractivity contribution is 7.12. The van der Waals surface area contributed by atoms with Gasteiger partial charge in [-0.25, -0.2) is 4.79 Å². The number of anilines is 1. The summed E-state index contributed by atoms with van der Waals surface area (Å²) in [6, 6.07) is 13.2. The van der Waals surface area contributed by atoms with Crippen molar-refractivity contribution >= 4 is 28.9 Å². The number of carbonyl (C=O) groups excluding carboxylic acids is 1. The molecule has 4 rings (SSSR count). The van der Waals surface area contributed by atoms with Crippen LogP contribution in [0.3, 0.4) is 0 Å². The smallest absolute Gasteiger partial charge is 0.345 e. The van der Waals surface area contributed by atoms with Gasteiger partial charge in [0.05, 0.1) is 13.2 Å². The molecule has 1 fully saturated rings. The first-order valence-electron chi connectivity index (χ1n) is 11.6. The van der Waals surface area contributed by atoms with Crippen molar-refractivity contribution in [2.75, 3.05) is 45.2 Å². The molecule has 0 spiro atoms. The molecule has 1 amide bonds. The molecule has 0 radical (unpaired) electrons. The lowest BCUT2D eigenvalue weighted by atomic mass is 9.99. The van der Waals surface area contributed by atoms with E-state index in [1.807, 2.05) is 49.6 Å². The Morgan fingerprint density at radius 1 is 1.09 bits per heavy atom. The van der Waals surface area contributed by atoms with Gasteiger partial charge in [-0.1, -0.05) is 12.1 Å². The maximum Gasteiger partial charge on any atom is 0.345 e. The lowest BCUT2D eigenvalue weighted by Gasteiger charge is -2.34. The van der Waals surface area contributed by atoms with Crippen LogP contribution in [0.15, 0.2) is 47.8 Å². The van der Waals surface area contributed by atoms with Gasteiger partial charge < -0.3 is 25.0 Å². The molecule has 0 saturated carbocycles. The Hall–Kier alpha value is -3.36. The SMILES string of the molecule is COc1ccc([C@@H](C)NC(=O)c2cc(N3CCN(C)CC3)ccc2C)cc1-c1csc(C(=O)O)c1. The summed E-state index contributed by atoms with van der Waals surface area (Å²) in [4.78, 5) is 29.5. The number of thiophene rings is 1. The number of ether oxygens (including phenoxy) is 1. The van der Waals surface area contributed by atoms with Crippen molar-refractivity contribution < 1.29 is 19.4 Å². The van der Waals surface area contributed by atoms with Gasteiger partial charge in [0, 0.05) is 43.0 Å². The number of aromatic carboxylic acids is 1. The highest BCUT2D eigenvalue weighted by Gasteiger charge is 2.20. The zero-order valence-corrected chi connectivity index (χ0v) is 21.3. The Morgan fingerprint density at radius 3 is 2.49 bits per heavy atom. The molecule has 0 bridgehead atoms. The Labute approximate surface area is 209 Å². The molecule has 2 N–H and O–H groups in total. The molecule has 3 aromatic rings. The fourth-order valence-corrected chi connectivity index (χ4v) is 5.03. The summed E-state index contributed by atoms with van der Waals surface area (Å²) in [5, 5.41) is 14.2. The Balaban J connectivity index is 1.54. The van der Waals surface area contributed by atoms with E-state index >= 15 is 0 Å². The number of carboxylic acids is 1. The molecule has 184 valence electrons. The van der Waals surface area contributed by atoms with Crippen LogP contribution in [0.2, 0.25) is 0 Å². The van der Waals surface area contributed by atoms with Crippen LogP contribution in [0.4, 0.5) is 5.69 Å². The van der Waals surface area contributed by atoms with Crippen LogP contribution in [-0.4, -0.2) is 62.2 Å². The first-order valence-corrected chi connectivity index (χ1v) is 12.5. The van der Waals surface area contributed by atoms with Gasteiger partial charge in [-0.05, 0) is 73.3 Å². The Morgan fingerprint density at radius 2 is 1.83 bits per heavy atom. The highest BCUT2D eigenvalue weighted by atomic mass is 32.1. The minimum Gasteiger partial charge on any atom is -0.496 e. The molecule has 2 heterocycles. The predicted molar refractivity (Wildman–Crippen MR) is 140 cm³/mol. The molecule has 1 aliphatic heterocycles. The number of methoxy groups -OCH3 is 1. The van der Waals surface area contributed by atoms with Crippen molar-refractivity contribution in [1.29, 1.82) is 0 Å². The van der Waals surface area contributed by atoms with Crippen LogP contribution < -0.4 is 15.0 Å². The molecule has 7 nitrogen and oxygen atoms in total. The maximum atomic E-state index is 13.3. The average Bonchev–Trinajstić information content (AvgIpc) is 3.35. The third kappa shape index (κ3) is 5.49. The number of rotatable bonds is 7. The van der Waals surface area contributed by atoms with E-state index in [2.05, 4.69) is 28.2 Å². The number of piperazine rings is 1. The zero-order valence-electron chi connectivity index (χ0n) is 20.5. The van der Waals surface area contributed by atoms with Gasteiger partial charge in [0.25, 0.3) is 5.91 Å². The number of carbonyl (C=O) groups is 2. The van der Waals surface area contributed by atoms with E-state index in [-0.39, 0.29) is 16.8 Å². The topological polar surface area (TPSA) is 82.1 Å². The van der Waals surface area contributed by atoms with Crippen molar-refractivity contribution in [1.82, 2.24) is 10.2 Å². The van der Waals surface area contributed by atoms with E-state index < -0.39 is 5.97 Å². The number of hydrogen-bond acceptors (Lipinski definition) is 6. The van der Waals surface area contributed by atoms with Gasteiger partial charge in [0.2, 0.25) is 0 Å². The monoisotopic (exact) mass is 493 g/mol. The fourth-order valence-electron chi connectivity index (χ4n) is 4.28. The molecule has 0 unspecified atom stereocenters. The van der Waals surface area contributed by atoms with E-state index in [9.17, 15) is 14.7 Å². The number of aryl methyl sites for hydroxylation is 1. The second kappa shape index (κ2) is 10.5. The number of nitrogens with one attached hydrogen (secondary N) is 1. The molecular formula is C27H31N3O4S. The van der Waals surface area contributed by atoms with Crippen LogP contribution >= 0.6 is 11.3 Å². The number of carboxylic acid groups (broad SMARTS) is 1. The van der Waals surface area contributed by atoms with Crippen molar-refractivity contribution in [2.24, 2.45) is 0 Å². The van der Waals surface area contributed by atoms with Gasteiger partial charge in [0.15, 0.2) is 0 Å². The van der Waals surface area contributed by atoms with E-state index in [0.717, 1.165) is 54.1 Å². The number of nitrogens with zero attached hydrogens (tertiary/aromatic N) is 2. The normalized spacial score (nSPS) is 15.0. The molecular weight excluding hydrogens is 462 g/mol. The average molecular weight is 494 g/mol. The summed E-state index contributed by atoms with van der Waals surface area (Å²) in [6.45, 7) is 7.79. The standard InChI is InChI=1S/C27H31N3O4S/c1-17-5-7-21(30-11-9-29(3)10-12-30)15-22(17)26(31)28-18(2)19-6-8-24(34-4)23(13-19)20-14-25(27(32)33)35-16-20/h5-8,13-16,18H,9-12H2,1-4H3,(H,28,31)(H,32,33)/t18-/m1/s1. The summed E-state index contributed by atoms with van der Waals surface area (Å²) < 4.78 is 5.51. The van der Waals surface area contributed by atoms with Gasteiger partial charge in [-0.2, -0.15) is 0 Å². The second-order valence-electron chi connectivity index (χ2n) is 8.95. The molecule has 1 aromatic heterocycles. The predicted octanol–water partition coefficient (Wildman–Crippen LogP) is 4.67. The second-order valence-corrected chi connectivity index (χ2v) is 9.86. The third-order valence-electron chi connectivity index (χ3n) is 6.53. The highest BCUT2D eigenvalue weighted by Crippen LogP contribution is 2.35. The largest absolute Gasteiger partial charge is 0.496 e. The van der Waals surface area contributed by atoms with Crippen LogP contribution in [0.25, 0.3) is 11.1 Å². The molecule has 35 heavy (non-hydrogen) atoms. The minimum atomic E-state index is -0.953. The van der Waals surface area contributed by atoms with Crippen molar-refractivity contribution in [3.8, 4) is 16.9 Å². The maximum absolute atomic E-state index is 13.3. The molecule has 2 aromatic carbocycles. The fraction of sp³-hybridized carbons (Fsp3) is 0.333.